The van der Waals surface area contributed by atoms with E-state index in [0.717, 1.165) is 21.8 Å². The minimum atomic E-state index is 0.171. The predicted molar refractivity (Wildman–Crippen MR) is 74.8 cm³/mol. The lowest BCUT2D eigenvalue weighted by Crippen LogP contribution is -2.03. The zero-order chi connectivity index (χ0) is 13.1. The van der Waals surface area contributed by atoms with E-state index in [1.54, 1.807) is 18.4 Å². The molecule has 0 spiro atoms. The summed E-state index contributed by atoms with van der Waals surface area (Å²) in [6.07, 6.45) is 0.425. The first kappa shape index (κ1) is 12.8. The first-order chi connectivity index (χ1) is 8.60. The van der Waals surface area contributed by atoms with Gasteiger partial charge >= 0.3 is 0 Å². The highest BCUT2D eigenvalue weighted by Gasteiger charge is 2.12. The van der Waals surface area contributed by atoms with E-state index in [1.807, 2.05) is 44.2 Å². The number of hydrogen-bond acceptors (Lipinski definition) is 3. The van der Waals surface area contributed by atoms with E-state index in [4.69, 9.17) is 4.74 Å². The number of thiophene rings is 1. The van der Waals surface area contributed by atoms with Crippen molar-refractivity contribution in [3.63, 3.8) is 0 Å². The van der Waals surface area contributed by atoms with Gasteiger partial charge in [-0.2, -0.15) is 0 Å². The lowest BCUT2D eigenvalue weighted by molar-refractivity contribution is 0.0993. The van der Waals surface area contributed by atoms with Gasteiger partial charge in [-0.3, -0.25) is 4.79 Å². The Hall–Kier alpha value is -1.61. The van der Waals surface area contributed by atoms with Crippen molar-refractivity contribution in [2.45, 2.75) is 20.3 Å². The van der Waals surface area contributed by atoms with E-state index >= 15 is 0 Å². The zero-order valence-corrected chi connectivity index (χ0v) is 11.6. The molecule has 2 rings (SSSR count). The Morgan fingerprint density at radius 1 is 1.28 bits per heavy atom. The molecule has 0 unspecified atom stereocenters. The Morgan fingerprint density at radius 2 is 2.06 bits per heavy atom. The maximum Gasteiger partial charge on any atom is 0.168 e. The fourth-order valence-electron chi connectivity index (χ4n) is 1.97. The molecule has 0 bridgehead atoms. The summed E-state index contributed by atoms with van der Waals surface area (Å²) < 4.78 is 5.16. The quantitative estimate of drug-likeness (QED) is 0.782. The number of carbonyl (C=O) groups excluding carboxylic acids is 1. The SMILES string of the molecule is COc1cccc(CC(=O)c2cc(C)sc2C)c1. The third-order valence-corrected chi connectivity index (χ3v) is 3.81. The van der Waals surface area contributed by atoms with Crippen molar-refractivity contribution >= 4 is 17.1 Å². The highest BCUT2D eigenvalue weighted by molar-refractivity contribution is 7.12. The fraction of sp³-hybridized carbons (Fsp3) is 0.267. The van der Waals surface area contributed by atoms with Crippen LogP contribution in [0.25, 0.3) is 0 Å². The normalized spacial score (nSPS) is 10.4. The van der Waals surface area contributed by atoms with Gasteiger partial charge in [-0.25, -0.2) is 0 Å². The first-order valence-corrected chi connectivity index (χ1v) is 6.65. The third kappa shape index (κ3) is 2.79. The monoisotopic (exact) mass is 260 g/mol. The summed E-state index contributed by atoms with van der Waals surface area (Å²) in [7, 11) is 1.63. The largest absolute Gasteiger partial charge is 0.497 e. The number of ether oxygens (including phenoxy) is 1. The van der Waals surface area contributed by atoms with E-state index in [1.165, 1.54) is 4.88 Å². The van der Waals surface area contributed by atoms with Crippen molar-refractivity contribution in [3.05, 3.63) is 51.2 Å². The number of ketones is 1. The number of aryl methyl sites for hydroxylation is 2. The second-order valence-electron chi connectivity index (χ2n) is 4.28. The highest BCUT2D eigenvalue weighted by atomic mass is 32.1. The van der Waals surface area contributed by atoms with Crippen LogP contribution in [0.2, 0.25) is 0 Å². The van der Waals surface area contributed by atoms with Crippen LogP contribution in [0, 0.1) is 13.8 Å². The van der Waals surface area contributed by atoms with Gasteiger partial charge < -0.3 is 4.74 Å². The topological polar surface area (TPSA) is 26.3 Å². The van der Waals surface area contributed by atoms with Gasteiger partial charge in [0.05, 0.1) is 7.11 Å². The van der Waals surface area contributed by atoms with Crippen molar-refractivity contribution in [1.29, 1.82) is 0 Å². The van der Waals surface area contributed by atoms with Crippen molar-refractivity contribution in [1.82, 2.24) is 0 Å². The molecule has 0 N–H and O–H groups in total. The van der Waals surface area contributed by atoms with E-state index in [2.05, 4.69) is 0 Å². The molecule has 1 heterocycles. The molecule has 0 radical (unpaired) electrons. The Bertz CT molecular complexity index is 570. The van der Waals surface area contributed by atoms with Gasteiger partial charge in [-0.15, -0.1) is 11.3 Å². The standard InChI is InChI=1S/C15H16O2S/c1-10-7-14(11(2)18-10)15(16)9-12-5-4-6-13(8-12)17-3/h4-8H,9H2,1-3H3. The Balaban J connectivity index is 2.18. The molecule has 2 nitrogen and oxygen atoms in total. The lowest BCUT2D eigenvalue weighted by atomic mass is 10.0. The number of methoxy groups -OCH3 is 1. The van der Waals surface area contributed by atoms with E-state index < -0.39 is 0 Å². The minimum Gasteiger partial charge on any atom is -0.497 e. The molecule has 0 aliphatic heterocycles. The van der Waals surface area contributed by atoms with Crippen molar-refractivity contribution in [3.8, 4) is 5.75 Å². The van der Waals surface area contributed by atoms with Gasteiger partial charge in [0.15, 0.2) is 5.78 Å². The van der Waals surface area contributed by atoms with Crippen LogP contribution in [0.5, 0.6) is 5.75 Å². The minimum absolute atomic E-state index is 0.171. The molecule has 2 aromatic rings. The molecule has 1 aromatic carbocycles. The number of carbonyl (C=O) groups is 1. The molecule has 94 valence electrons. The number of hydrogen-bond donors (Lipinski definition) is 0. The molecule has 0 fully saturated rings. The Kier molecular flexibility index (Phi) is 3.82. The average molecular weight is 260 g/mol. The van der Waals surface area contributed by atoms with Gasteiger partial charge in [0.2, 0.25) is 0 Å². The zero-order valence-electron chi connectivity index (χ0n) is 10.8. The highest BCUT2D eigenvalue weighted by Crippen LogP contribution is 2.22. The summed E-state index contributed by atoms with van der Waals surface area (Å²) in [6.45, 7) is 4.02. The third-order valence-electron chi connectivity index (χ3n) is 2.84. The molecule has 1 aromatic heterocycles. The van der Waals surface area contributed by atoms with Crippen molar-refractivity contribution in [2.24, 2.45) is 0 Å². The molecular formula is C15H16O2S. The maximum atomic E-state index is 12.2. The summed E-state index contributed by atoms with van der Waals surface area (Å²) in [5, 5.41) is 0. The van der Waals surface area contributed by atoms with Crippen LogP contribution in [0.3, 0.4) is 0 Å². The van der Waals surface area contributed by atoms with E-state index in [-0.39, 0.29) is 5.78 Å². The van der Waals surface area contributed by atoms with Gasteiger partial charge in [0.1, 0.15) is 5.75 Å². The van der Waals surface area contributed by atoms with Crippen LogP contribution in [-0.4, -0.2) is 12.9 Å². The second kappa shape index (κ2) is 5.36. The molecular weight excluding hydrogens is 244 g/mol. The van der Waals surface area contributed by atoms with Crippen LogP contribution < -0.4 is 4.74 Å². The maximum absolute atomic E-state index is 12.2. The van der Waals surface area contributed by atoms with Crippen LogP contribution >= 0.6 is 11.3 Å². The van der Waals surface area contributed by atoms with Crippen LogP contribution in [0.4, 0.5) is 0 Å². The van der Waals surface area contributed by atoms with Crippen LogP contribution in [0.15, 0.2) is 30.3 Å². The second-order valence-corrected chi connectivity index (χ2v) is 5.74. The molecule has 0 amide bonds. The number of rotatable bonds is 4. The smallest absolute Gasteiger partial charge is 0.168 e. The average Bonchev–Trinajstić information content (AvgIpc) is 2.69. The number of Topliss-reactive ketones (excluding diaryl/α,β-unsaturated/α-hetero) is 1. The van der Waals surface area contributed by atoms with Gasteiger partial charge in [-0.05, 0) is 37.6 Å². The molecule has 18 heavy (non-hydrogen) atoms. The Morgan fingerprint density at radius 3 is 2.67 bits per heavy atom. The molecule has 3 heteroatoms. The predicted octanol–water partition coefficient (Wildman–Crippen LogP) is 3.80. The van der Waals surface area contributed by atoms with Gasteiger partial charge in [-0.1, -0.05) is 12.1 Å². The van der Waals surface area contributed by atoms with Gasteiger partial charge in [0, 0.05) is 21.7 Å². The first-order valence-electron chi connectivity index (χ1n) is 5.83. The molecule has 0 saturated heterocycles. The van der Waals surface area contributed by atoms with Crippen molar-refractivity contribution in [2.75, 3.05) is 7.11 Å². The number of benzene rings is 1. The molecule has 0 aliphatic rings. The lowest BCUT2D eigenvalue weighted by Gasteiger charge is -2.04. The molecule has 0 aliphatic carbocycles. The molecule has 0 atom stereocenters. The van der Waals surface area contributed by atoms with Crippen LogP contribution in [0.1, 0.15) is 25.7 Å². The summed E-state index contributed by atoms with van der Waals surface area (Å²) in [5.74, 6) is 0.962. The summed E-state index contributed by atoms with van der Waals surface area (Å²) in [4.78, 5) is 14.5. The summed E-state index contributed by atoms with van der Waals surface area (Å²) >= 11 is 1.67. The Labute approximate surface area is 111 Å². The molecule has 0 saturated carbocycles. The summed E-state index contributed by atoms with van der Waals surface area (Å²) in [5.41, 5.74) is 1.84. The van der Waals surface area contributed by atoms with E-state index in [0.29, 0.717) is 6.42 Å². The summed E-state index contributed by atoms with van der Waals surface area (Å²) in [6, 6.07) is 9.63. The van der Waals surface area contributed by atoms with Gasteiger partial charge in [0.25, 0.3) is 0 Å². The van der Waals surface area contributed by atoms with Crippen molar-refractivity contribution < 1.29 is 9.53 Å². The fourth-order valence-corrected chi connectivity index (χ4v) is 2.91. The van der Waals surface area contributed by atoms with E-state index in [9.17, 15) is 4.79 Å². The van der Waals surface area contributed by atoms with Crippen LogP contribution in [-0.2, 0) is 6.42 Å².